The predicted octanol–water partition coefficient (Wildman–Crippen LogP) is 5.98. The van der Waals surface area contributed by atoms with Crippen molar-refractivity contribution in [2.45, 2.75) is 49.5 Å². The largest absolute Gasteiger partial charge is 0.398 e. The Hall–Kier alpha value is -0.760. The standard InChI is InChI=1S/C10H15NS2.C9H14N2S2.CH4/c1-6-7(2)10(11)8(5-12)4-9(6)13-3;1-5-3-6(4-12)8(11)9(13-2)7(5)10;/h4,12H,5,11H2,1-3H3;3,12H,4,10-11H2,1-2H3;1H4. The molecule has 0 bridgehead atoms. The van der Waals surface area contributed by atoms with Crippen LogP contribution >= 0.6 is 48.8 Å². The highest BCUT2D eigenvalue weighted by atomic mass is 32.2. The first-order chi connectivity index (χ1) is 12.2. The van der Waals surface area contributed by atoms with Crippen LogP contribution in [0.4, 0.5) is 17.1 Å². The molecule has 0 saturated heterocycles. The lowest BCUT2D eigenvalue weighted by Gasteiger charge is -2.13. The van der Waals surface area contributed by atoms with E-state index in [-0.39, 0.29) is 7.43 Å². The average molecular weight is 444 g/mol. The second-order valence-electron chi connectivity index (χ2n) is 5.93. The lowest BCUT2D eigenvalue weighted by Crippen LogP contribution is -2.01. The molecule has 0 saturated carbocycles. The topological polar surface area (TPSA) is 78.1 Å². The van der Waals surface area contributed by atoms with Gasteiger partial charge in [-0.25, -0.2) is 0 Å². The number of benzene rings is 2. The molecule has 0 fully saturated rings. The van der Waals surface area contributed by atoms with Crippen LogP contribution in [0.1, 0.15) is 35.2 Å². The summed E-state index contributed by atoms with van der Waals surface area (Å²) in [5, 5.41) is 0. The van der Waals surface area contributed by atoms with Gasteiger partial charge in [0, 0.05) is 22.1 Å². The molecule has 0 heterocycles. The first kappa shape index (κ1) is 26.2. The molecule has 152 valence electrons. The van der Waals surface area contributed by atoms with Gasteiger partial charge in [-0.2, -0.15) is 25.3 Å². The van der Waals surface area contributed by atoms with E-state index in [1.54, 1.807) is 23.5 Å². The number of aryl methyl sites for hydroxylation is 1. The number of nitrogen functional groups attached to an aromatic ring is 3. The first-order valence-corrected chi connectivity index (χ1v) is 11.8. The van der Waals surface area contributed by atoms with E-state index in [1.807, 2.05) is 19.2 Å². The maximum atomic E-state index is 5.96. The van der Waals surface area contributed by atoms with E-state index in [0.717, 1.165) is 38.6 Å². The van der Waals surface area contributed by atoms with Gasteiger partial charge >= 0.3 is 0 Å². The van der Waals surface area contributed by atoms with E-state index in [2.05, 4.69) is 51.4 Å². The third kappa shape index (κ3) is 6.11. The highest BCUT2D eigenvalue weighted by Crippen LogP contribution is 2.35. The molecule has 0 aliphatic carbocycles. The average Bonchev–Trinajstić information content (AvgIpc) is 2.64. The maximum absolute atomic E-state index is 5.96. The fraction of sp³-hybridized carbons (Fsp3) is 0.400. The Bertz CT molecular complexity index is 746. The number of hydrogen-bond donors (Lipinski definition) is 5. The fourth-order valence-electron chi connectivity index (χ4n) is 2.55. The Balaban J connectivity index is 0.000000483. The molecule has 2 rings (SSSR count). The second kappa shape index (κ2) is 11.9. The van der Waals surface area contributed by atoms with E-state index >= 15 is 0 Å². The lowest BCUT2D eigenvalue weighted by molar-refractivity contribution is 1.20. The van der Waals surface area contributed by atoms with Gasteiger partial charge in [0.05, 0.1) is 16.3 Å². The third-order valence-corrected chi connectivity index (χ3v) is 6.80. The SMILES string of the molecule is C.CSc1c(N)c(C)cc(CS)c1N.CSc1cc(CS)c(N)c(C)c1C. The predicted molar refractivity (Wildman–Crippen MR) is 136 cm³/mol. The molecule has 7 heteroatoms. The smallest absolute Gasteiger partial charge is 0.0535 e. The zero-order chi connectivity index (χ0) is 20.0. The fourth-order valence-corrected chi connectivity index (χ4v) is 4.53. The van der Waals surface area contributed by atoms with E-state index < -0.39 is 0 Å². The van der Waals surface area contributed by atoms with Crippen LogP contribution in [0.25, 0.3) is 0 Å². The number of nitrogens with two attached hydrogens (primary N) is 3. The van der Waals surface area contributed by atoms with Crippen molar-refractivity contribution in [1.82, 2.24) is 0 Å². The van der Waals surface area contributed by atoms with Gasteiger partial charge in [0.15, 0.2) is 0 Å². The summed E-state index contributed by atoms with van der Waals surface area (Å²) in [5.74, 6) is 1.36. The summed E-state index contributed by atoms with van der Waals surface area (Å²) in [6.45, 7) is 6.17. The lowest BCUT2D eigenvalue weighted by atomic mass is 10.0. The minimum absolute atomic E-state index is 0. The summed E-state index contributed by atoms with van der Waals surface area (Å²) < 4.78 is 0. The maximum Gasteiger partial charge on any atom is 0.0535 e. The van der Waals surface area contributed by atoms with Crippen LogP contribution < -0.4 is 17.2 Å². The van der Waals surface area contributed by atoms with E-state index in [4.69, 9.17) is 17.2 Å². The molecular weight excluding hydrogens is 411 g/mol. The molecule has 0 atom stereocenters. The van der Waals surface area contributed by atoms with Gasteiger partial charge < -0.3 is 17.2 Å². The third-order valence-electron chi connectivity index (χ3n) is 4.40. The zero-order valence-electron chi connectivity index (χ0n) is 16.0. The summed E-state index contributed by atoms with van der Waals surface area (Å²) in [6, 6.07) is 4.13. The monoisotopic (exact) mass is 443 g/mol. The minimum Gasteiger partial charge on any atom is -0.398 e. The minimum atomic E-state index is 0. The van der Waals surface area contributed by atoms with Gasteiger partial charge in [-0.1, -0.05) is 13.5 Å². The number of hydrogen-bond acceptors (Lipinski definition) is 7. The summed E-state index contributed by atoms with van der Waals surface area (Å²) >= 11 is 11.8. The number of thioether (sulfide) groups is 2. The highest BCUT2D eigenvalue weighted by molar-refractivity contribution is 7.99. The molecule has 0 aliphatic rings. The van der Waals surface area contributed by atoms with Crippen LogP contribution in [-0.2, 0) is 11.5 Å². The Labute approximate surface area is 184 Å². The molecule has 0 unspecified atom stereocenters. The van der Waals surface area contributed by atoms with Crippen molar-refractivity contribution in [3.05, 3.63) is 39.9 Å². The van der Waals surface area contributed by atoms with Gasteiger partial charge in [0.1, 0.15) is 0 Å². The van der Waals surface area contributed by atoms with E-state index in [1.165, 1.54) is 16.0 Å². The van der Waals surface area contributed by atoms with E-state index in [0.29, 0.717) is 11.5 Å². The van der Waals surface area contributed by atoms with Crippen LogP contribution in [0.5, 0.6) is 0 Å². The summed E-state index contributed by atoms with van der Waals surface area (Å²) in [7, 11) is 0. The van der Waals surface area contributed by atoms with Crippen molar-refractivity contribution in [1.29, 1.82) is 0 Å². The van der Waals surface area contributed by atoms with Gasteiger partial charge in [0.25, 0.3) is 0 Å². The van der Waals surface area contributed by atoms with Crippen molar-refractivity contribution in [3.63, 3.8) is 0 Å². The molecule has 3 nitrogen and oxygen atoms in total. The number of rotatable bonds is 4. The van der Waals surface area contributed by atoms with Crippen LogP contribution in [-0.4, -0.2) is 12.5 Å². The van der Waals surface area contributed by atoms with Gasteiger partial charge in [-0.05, 0) is 67.2 Å². The van der Waals surface area contributed by atoms with Gasteiger partial charge in [-0.15, -0.1) is 23.5 Å². The molecule has 2 aromatic rings. The Kier molecular flexibility index (Phi) is 11.6. The molecule has 0 spiro atoms. The highest BCUT2D eigenvalue weighted by Gasteiger charge is 2.10. The van der Waals surface area contributed by atoms with Crippen LogP contribution in [0.3, 0.4) is 0 Å². The van der Waals surface area contributed by atoms with Crippen LogP contribution in [0, 0.1) is 20.8 Å². The Morgan fingerprint density at radius 1 is 0.778 bits per heavy atom. The Morgan fingerprint density at radius 3 is 1.74 bits per heavy atom. The Morgan fingerprint density at radius 2 is 1.30 bits per heavy atom. The quantitative estimate of drug-likeness (QED) is 0.228. The zero-order valence-corrected chi connectivity index (χ0v) is 19.4. The molecule has 6 N–H and O–H groups in total. The number of anilines is 3. The van der Waals surface area contributed by atoms with Gasteiger partial charge in [-0.3, -0.25) is 0 Å². The van der Waals surface area contributed by atoms with Crippen molar-refractivity contribution in [2.75, 3.05) is 29.7 Å². The van der Waals surface area contributed by atoms with Gasteiger partial charge in [0.2, 0.25) is 0 Å². The summed E-state index contributed by atoms with van der Waals surface area (Å²) in [5.41, 5.74) is 26.0. The normalized spacial score (nSPS) is 10.0. The molecule has 2 aromatic carbocycles. The second-order valence-corrected chi connectivity index (χ2v) is 8.23. The molecule has 0 aliphatic heterocycles. The van der Waals surface area contributed by atoms with E-state index in [9.17, 15) is 0 Å². The van der Waals surface area contributed by atoms with Crippen LogP contribution in [0.2, 0.25) is 0 Å². The summed E-state index contributed by atoms with van der Waals surface area (Å²) in [4.78, 5) is 2.28. The van der Waals surface area contributed by atoms with Crippen LogP contribution in [0.15, 0.2) is 21.9 Å². The van der Waals surface area contributed by atoms with Crippen molar-refractivity contribution in [3.8, 4) is 0 Å². The molecule has 0 aromatic heterocycles. The van der Waals surface area contributed by atoms with Crippen molar-refractivity contribution in [2.24, 2.45) is 0 Å². The molecular formula is C20H33N3S4. The van der Waals surface area contributed by atoms with Crippen molar-refractivity contribution < 1.29 is 0 Å². The molecule has 0 radical (unpaired) electrons. The summed E-state index contributed by atoms with van der Waals surface area (Å²) in [6.07, 6.45) is 4.06. The molecule has 27 heavy (non-hydrogen) atoms. The molecule has 0 amide bonds. The first-order valence-electron chi connectivity index (χ1n) is 8.09. The number of thiol groups is 2. The van der Waals surface area contributed by atoms with Crippen molar-refractivity contribution >= 4 is 65.8 Å².